The Kier molecular flexibility index (Phi) is 3.53. The molecule has 27 heavy (non-hydrogen) atoms. The van der Waals surface area contributed by atoms with E-state index in [1.54, 1.807) is 12.4 Å². The van der Waals surface area contributed by atoms with E-state index >= 15 is 0 Å². The fourth-order valence-corrected chi connectivity index (χ4v) is 3.26. The van der Waals surface area contributed by atoms with E-state index in [1.807, 2.05) is 53.8 Å². The number of aryl methyl sites for hydroxylation is 1. The Morgan fingerprint density at radius 3 is 2.48 bits per heavy atom. The molecule has 0 spiro atoms. The molecule has 2 aromatic carbocycles. The SMILES string of the molecule is Cc1nnc2nc(Nc3ccccc3)c3ccc(-c4ccncc4)cc3n12. The van der Waals surface area contributed by atoms with Crippen LogP contribution in [0.3, 0.4) is 0 Å². The highest BCUT2D eigenvalue weighted by atomic mass is 15.3. The van der Waals surface area contributed by atoms with Crippen molar-refractivity contribution in [1.29, 1.82) is 0 Å². The van der Waals surface area contributed by atoms with Crippen LogP contribution in [0.4, 0.5) is 11.5 Å². The Balaban J connectivity index is 1.76. The maximum atomic E-state index is 4.69. The molecule has 1 N–H and O–H groups in total. The van der Waals surface area contributed by atoms with Gasteiger partial charge < -0.3 is 5.32 Å². The third kappa shape index (κ3) is 2.67. The zero-order chi connectivity index (χ0) is 18.2. The molecular weight excluding hydrogens is 336 g/mol. The summed E-state index contributed by atoms with van der Waals surface area (Å²) in [6, 6.07) is 20.3. The molecule has 0 atom stereocenters. The Morgan fingerprint density at radius 2 is 1.67 bits per heavy atom. The standard InChI is InChI=1S/C21H16N6/c1-14-25-26-21-24-20(23-17-5-3-2-4-6-17)18-8-7-16(13-19(18)27(14)21)15-9-11-22-12-10-15/h2-13H,1H3,(H,23,24,26). The van der Waals surface area contributed by atoms with Crippen LogP contribution in [0.15, 0.2) is 73.1 Å². The third-order valence-corrected chi connectivity index (χ3v) is 4.56. The molecule has 0 fully saturated rings. The number of nitrogens with zero attached hydrogens (tertiary/aromatic N) is 5. The number of para-hydroxylation sites is 1. The van der Waals surface area contributed by atoms with Gasteiger partial charge in [-0.1, -0.05) is 24.3 Å². The smallest absolute Gasteiger partial charge is 0.257 e. The summed E-state index contributed by atoms with van der Waals surface area (Å²) in [7, 11) is 0. The van der Waals surface area contributed by atoms with Gasteiger partial charge in [0.2, 0.25) is 0 Å². The molecule has 0 amide bonds. The van der Waals surface area contributed by atoms with E-state index in [4.69, 9.17) is 4.98 Å². The van der Waals surface area contributed by atoms with Crippen LogP contribution in [0.1, 0.15) is 5.82 Å². The zero-order valence-corrected chi connectivity index (χ0v) is 14.7. The molecule has 0 saturated carbocycles. The Morgan fingerprint density at radius 1 is 0.852 bits per heavy atom. The molecule has 0 aliphatic rings. The van der Waals surface area contributed by atoms with Gasteiger partial charge in [-0.25, -0.2) is 0 Å². The minimum absolute atomic E-state index is 0.574. The number of hydrogen-bond acceptors (Lipinski definition) is 5. The summed E-state index contributed by atoms with van der Waals surface area (Å²) in [5, 5.41) is 12.8. The first-order valence-electron chi connectivity index (χ1n) is 8.67. The fraction of sp³-hybridized carbons (Fsp3) is 0.0476. The summed E-state index contributed by atoms with van der Waals surface area (Å²) in [5.41, 5.74) is 4.21. The highest BCUT2D eigenvalue weighted by Gasteiger charge is 2.13. The topological polar surface area (TPSA) is 68.0 Å². The molecule has 3 heterocycles. The number of aromatic nitrogens is 5. The van der Waals surface area contributed by atoms with E-state index in [2.05, 4.69) is 38.7 Å². The second kappa shape index (κ2) is 6.17. The summed E-state index contributed by atoms with van der Waals surface area (Å²) in [6.07, 6.45) is 3.60. The molecular formula is C21H16N6. The van der Waals surface area contributed by atoms with Crippen LogP contribution in [0.25, 0.3) is 27.8 Å². The molecule has 0 aliphatic carbocycles. The largest absolute Gasteiger partial charge is 0.340 e. The lowest BCUT2D eigenvalue weighted by Crippen LogP contribution is -2.01. The van der Waals surface area contributed by atoms with Crippen molar-refractivity contribution in [2.24, 2.45) is 0 Å². The second-order valence-electron chi connectivity index (χ2n) is 6.30. The normalized spacial score (nSPS) is 11.1. The van der Waals surface area contributed by atoms with E-state index in [0.29, 0.717) is 5.78 Å². The molecule has 5 rings (SSSR count). The predicted octanol–water partition coefficient (Wildman–Crippen LogP) is 4.39. The van der Waals surface area contributed by atoms with Crippen molar-refractivity contribution in [3.8, 4) is 11.1 Å². The van der Waals surface area contributed by atoms with E-state index in [-0.39, 0.29) is 0 Å². The molecule has 0 aliphatic heterocycles. The summed E-state index contributed by atoms with van der Waals surface area (Å²) < 4.78 is 1.98. The van der Waals surface area contributed by atoms with Gasteiger partial charge >= 0.3 is 0 Å². The summed E-state index contributed by atoms with van der Waals surface area (Å²) >= 11 is 0. The Bertz CT molecular complexity index is 1250. The van der Waals surface area contributed by atoms with Crippen LogP contribution >= 0.6 is 0 Å². The first-order valence-corrected chi connectivity index (χ1v) is 8.67. The van der Waals surface area contributed by atoms with E-state index < -0.39 is 0 Å². The molecule has 6 heteroatoms. The predicted molar refractivity (Wildman–Crippen MR) is 106 cm³/mol. The van der Waals surface area contributed by atoms with Gasteiger partial charge in [-0.05, 0) is 54.4 Å². The third-order valence-electron chi connectivity index (χ3n) is 4.56. The van der Waals surface area contributed by atoms with Crippen molar-refractivity contribution >= 4 is 28.2 Å². The maximum Gasteiger partial charge on any atom is 0.257 e. The number of rotatable bonds is 3. The van der Waals surface area contributed by atoms with E-state index in [9.17, 15) is 0 Å². The molecule has 5 aromatic rings. The lowest BCUT2D eigenvalue weighted by molar-refractivity contribution is 1.02. The molecule has 0 radical (unpaired) electrons. The lowest BCUT2D eigenvalue weighted by atomic mass is 10.0. The van der Waals surface area contributed by atoms with Crippen LogP contribution < -0.4 is 5.32 Å². The lowest BCUT2D eigenvalue weighted by Gasteiger charge is -2.12. The maximum absolute atomic E-state index is 4.69. The van der Waals surface area contributed by atoms with Crippen LogP contribution in [0, 0.1) is 6.92 Å². The van der Waals surface area contributed by atoms with Gasteiger partial charge in [0.25, 0.3) is 5.78 Å². The number of hydrogen-bond donors (Lipinski definition) is 1. The number of fused-ring (bicyclic) bond motifs is 3. The van der Waals surface area contributed by atoms with Gasteiger partial charge in [-0.15, -0.1) is 10.2 Å². The molecule has 6 nitrogen and oxygen atoms in total. The highest BCUT2D eigenvalue weighted by Crippen LogP contribution is 2.30. The quantitative estimate of drug-likeness (QED) is 0.521. The van der Waals surface area contributed by atoms with Crippen LogP contribution in [0.5, 0.6) is 0 Å². The summed E-state index contributed by atoms with van der Waals surface area (Å²) in [6.45, 7) is 1.94. The first kappa shape index (κ1) is 15.5. The average Bonchev–Trinajstić information content (AvgIpc) is 3.10. The fourth-order valence-electron chi connectivity index (χ4n) is 3.26. The molecule has 130 valence electrons. The van der Waals surface area contributed by atoms with Crippen molar-refractivity contribution < 1.29 is 0 Å². The van der Waals surface area contributed by atoms with Gasteiger partial charge in [0.15, 0.2) is 0 Å². The minimum Gasteiger partial charge on any atom is -0.340 e. The van der Waals surface area contributed by atoms with Gasteiger partial charge in [0.05, 0.1) is 5.52 Å². The van der Waals surface area contributed by atoms with Gasteiger partial charge in [0.1, 0.15) is 11.6 Å². The molecule has 0 unspecified atom stereocenters. The Labute approximate surface area is 155 Å². The van der Waals surface area contributed by atoms with E-state index in [0.717, 1.165) is 39.4 Å². The monoisotopic (exact) mass is 352 g/mol. The highest BCUT2D eigenvalue weighted by molar-refractivity contribution is 5.95. The molecule has 3 aromatic heterocycles. The van der Waals surface area contributed by atoms with Gasteiger partial charge in [-0.2, -0.15) is 4.98 Å². The zero-order valence-electron chi connectivity index (χ0n) is 14.7. The van der Waals surface area contributed by atoms with Crippen LogP contribution in [-0.2, 0) is 0 Å². The number of anilines is 2. The van der Waals surface area contributed by atoms with Crippen LogP contribution in [-0.4, -0.2) is 24.6 Å². The van der Waals surface area contributed by atoms with Crippen molar-refractivity contribution in [3.63, 3.8) is 0 Å². The van der Waals surface area contributed by atoms with Crippen molar-refractivity contribution in [1.82, 2.24) is 24.6 Å². The van der Waals surface area contributed by atoms with E-state index in [1.165, 1.54) is 0 Å². The number of benzene rings is 2. The Hall–Kier alpha value is -3.80. The minimum atomic E-state index is 0.574. The molecule has 0 saturated heterocycles. The second-order valence-corrected chi connectivity index (χ2v) is 6.30. The van der Waals surface area contributed by atoms with Crippen molar-refractivity contribution in [2.45, 2.75) is 6.92 Å². The number of nitrogens with one attached hydrogen (secondary N) is 1. The molecule has 0 bridgehead atoms. The van der Waals surface area contributed by atoms with Gasteiger partial charge in [-0.3, -0.25) is 9.38 Å². The first-order chi connectivity index (χ1) is 13.3. The van der Waals surface area contributed by atoms with Crippen molar-refractivity contribution in [2.75, 3.05) is 5.32 Å². The van der Waals surface area contributed by atoms with Crippen LogP contribution in [0.2, 0.25) is 0 Å². The van der Waals surface area contributed by atoms with Gasteiger partial charge in [0, 0.05) is 23.5 Å². The summed E-state index contributed by atoms with van der Waals surface area (Å²) in [4.78, 5) is 8.79. The van der Waals surface area contributed by atoms with Crippen molar-refractivity contribution in [3.05, 3.63) is 78.9 Å². The summed E-state index contributed by atoms with van der Waals surface area (Å²) in [5.74, 6) is 2.14. The number of pyridine rings is 1. The average molecular weight is 352 g/mol.